The lowest BCUT2D eigenvalue weighted by atomic mass is 10.1. The number of ether oxygens (including phenoxy) is 1. The van der Waals surface area contributed by atoms with Crippen LogP contribution < -0.4 is 5.32 Å². The number of benzene rings is 2. The lowest BCUT2D eigenvalue weighted by molar-refractivity contribution is -0.152. The minimum Gasteiger partial charge on any atom is -0.452 e. The molecule has 5 nitrogen and oxygen atoms in total. The van der Waals surface area contributed by atoms with Crippen LogP contribution in [0.15, 0.2) is 48.5 Å². The number of carbonyl (C=O) groups is 3. The van der Waals surface area contributed by atoms with Crippen LogP contribution >= 0.6 is 11.6 Å². The van der Waals surface area contributed by atoms with Crippen molar-refractivity contribution in [1.29, 1.82) is 0 Å². The van der Waals surface area contributed by atoms with E-state index in [1.54, 1.807) is 48.5 Å². The van der Waals surface area contributed by atoms with Crippen LogP contribution in [0.25, 0.3) is 0 Å². The van der Waals surface area contributed by atoms with Gasteiger partial charge in [-0.1, -0.05) is 29.8 Å². The Morgan fingerprint density at radius 1 is 1.08 bits per heavy atom. The van der Waals surface area contributed by atoms with E-state index in [9.17, 15) is 14.4 Å². The summed E-state index contributed by atoms with van der Waals surface area (Å²) in [6.07, 6.45) is -0.965. The number of rotatable bonds is 6. The molecule has 6 heteroatoms. The van der Waals surface area contributed by atoms with Gasteiger partial charge in [0.15, 0.2) is 11.9 Å². The van der Waals surface area contributed by atoms with E-state index in [0.29, 0.717) is 21.8 Å². The van der Waals surface area contributed by atoms with Crippen molar-refractivity contribution in [2.45, 2.75) is 26.4 Å². The van der Waals surface area contributed by atoms with Gasteiger partial charge in [0.05, 0.1) is 6.42 Å². The van der Waals surface area contributed by atoms with Gasteiger partial charge < -0.3 is 10.1 Å². The van der Waals surface area contributed by atoms with Crippen LogP contribution in [0, 0.1) is 0 Å². The maximum Gasteiger partial charge on any atom is 0.311 e. The summed E-state index contributed by atoms with van der Waals surface area (Å²) in [4.78, 5) is 35.3. The predicted molar refractivity (Wildman–Crippen MR) is 95.8 cm³/mol. The summed E-state index contributed by atoms with van der Waals surface area (Å²) < 4.78 is 5.14. The highest BCUT2D eigenvalue weighted by atomic mass is 35.5. The summed E-state index contributed by atoms with van der Waals surface area (Å²) in [5.74, 6) is -1.05. The third kappa shape index (κ3) is 5.43. The maximum absolute atomic E-state index is 12.1. The summed E-state index contributed by atoms with van der Waals surface area (Å²) in [7, 11) is 0. The van der Waals surface area contributed by atoms with E-state index in [1.165, 1.54) is 13.8 Å². The molecular formula is C19H18ClNO4. The van der Waals surface area contributed by atoms with E-state index >= 15 is 0 Å². The first-order chi connectivity index (χ1) is 11.9. The second-order valence-electron chi connectivity index (χ2n) is 5.52. The lowest BCUT2D eigenvalue weighted by Gasteiger charge is -2.14. The molecule has 0 bridgehead atoms. The second-order valence-corrected chi connectivity index (χ2v) is 5.93. The first-order valence-electron chi connectivity index (χ1n) is 7.71. The van der Waals surface area contributed by atoms with Crippen LogP contribution in [0.2, 0.25) is 5.02 Å². The number of hydrogen-bond acceptors (Lipinski definition) is 4. The second kappa shape index (κ2) is 8.44. The molecular weight excluding hydrogens is 342 g/mol. The van der Waals surface area contributed by atoms with E-state index in [1.807, 2.05) is 0 Å². The zero-order valence-corrected chi connectivity index (χ0v) is 14.7. The molecule has 0 saturated carbocycles. The Labute approximate surface area is 150 Å². The monoisotopic (exact) mass is 359 g/mol. The van der Waals surface area contributed by atoms with Crippen LogP contribution in [-0.2, 0) is 20.7 Å². The molecule has 0 unspecified atom stereocenters. The van der Waals surface area contributed by atoms with Crippen molar-refractivity contribution in [2.24, 2.45) is 0 Å². The molecule has 2 aromatic carbocycles. The number of Topliss-reactive ketones (excluding diaryl/α,β-unsaturated/α-hetero) is 1. The van der Waals surface area contributed by atoms with Crippen LogP contribution in [0.4, 0.5) is 5.69 Å². The van der Waals surface area contributed by atoms with E-state index in [0.717, 1.165) is 0 Å². The van der Waals surface area contributed by atoms with Gasteiger partial charge in [-0.3, -0.25) is 14.4 Å². The molecule has 2 aromatic rings. The molecule has 0 aliphatic carbocycles. The van der Waals surface area contributed by atoms with Crippen LogP contribution in [0.5, 0.6) is 0 Å². The number of hydrogen-bond donors (Lipinski definition) is 1. The van der Waals surface area contributed by atoms with Crippen molar-refractivity contribution < 1.29 is 19.1 Å². The van der Waals surface area contributed by atoms with E-state index in [-0.39, 0.29) is 12.2 Å². The van der Waals surface area contributed by atoms with Gasteiger partial charge in [0.1, 0.15) is 0 Å². The van der Waals surface area contributed by atoms with E-state index in [2.05, 4.69) is 5.32 Å². The van der Waals surface area contributed by atoms with Gasteiger partial charge >= 0.3 is 5.97 Å². The van der Waals surface area contributed by atoms with Gasteiger partial charge in [0, 0.05) is 16.3 Å². The fraction of sp³-hybridized carbons (Fsp3) is 0.211. The van der Waals surface area contributed by atoms with E-state index < -0.39 is 18.0 Å². The molecule has 0 fully saturated rings. The third-order valence-electron chi connectivity index (χ3n) is 3.53. The molecule has 0 heterocycles. The predicted octanol–water partition coefficient (Wildman–Crippen LogP) is 3.66. The number of ketones is 1. The molecule has 0 saturated heterocycles. The molecule has 1 atom stereocenters. The van der Waals surface area contributed by atoms with Crippen molar-refractivity contribution in [3.8, 4) is 0 Å². The number of nitrogens with one attached hydrogen (secondary N) is 1. The van der Waals surface area contributed by atoms with Crippen molar-refractivity contribution >= 4 is 34.9 Å². The van der Waals surface area contributed by atoms with Gasteiger partial charge in [-0.05, 0) is 49.7 Å². The van der Waals surface area contributed by atoms with Crippen molar-refractivity contribution in [3.05, 3.63) is 64.7 Å². The van der Waals surface area contributed by atoms with Gasteiger partial charge in [0.2, 0.25) is 0 Å². The van der Waals surface area contributed by atoms with Gasteiger partial charge in [-0.25, -0.2) is 0 Å². The van der Waals surface area contributed by atoms with Crippen LogP contribution in [0.1, 0.15) is 29.8 Å². The fourth-order valence-electron chi connectivity index (χ4n) is 2.12. The zero-order chi connectivity index (χ0) is 18.4. The first-order valence-corrected chi connectivity index (χ1v) is 8.09. The molecule has 130 valence electrons. The summed E-state index contributed by atoms with van der Waals surface area (Å²) in [5.41, 5.74) is 1.71. The molecule has 25 heavy (non-hydrogen) atoms. The highest BCUT2D eigenvalue weighted by Crippen LogP contribution is 2.16. The average Bonchev–Trinajstić information content (AvgIpc) is 2.57. The number of carbonyl (C=O) groups excluding carboxylic acids is 3. The number of esters is 1. The normalized spacial score (nSPS) is 11.5. The minimum absolute atomic E-state index is 0.00932. The van der Waals surface area contributed by atoms with Crippen LogP contribution in [0.3, 0.4) is 0 Å². The molecule has 2 rings (SSSR count). The summed E-state index contributed by atoms with van der Waals surface area (Å²) in [6, 6.07) is 13.4. The van der Waals surface area contributed by atoms with Crippen LogP contribution in [-0.4, -0.2) is 23.8 Å². The molecule has 0 radical (unpaired) electrons. The summed E-state index contributed by atoms with van der Waals surface area (Å²) >= 11 is 6.00. The lowest BCUT2D eigenvalue weighted by Crippen LogP contribution is -2.30. The number of anilines is 1. The summed E-state index contributed by atoms with van der Waals surface area (Å²) in [5, 5.41) is 3.11. The average molecular weight is 360 g/mol. The highest BCUT2D eigenvalue weighted by molar-refractivity contribution is 6.31. The van der Waals surface area contributed by atoms with Crippen molar-refractivity contribution in [2.75, 3.05) is 5.32 Å². The number of amides is 1. The molecule has 1 N–H and O–H groups in total. The molecule has 1 amide bonds. The van der Waals surface area contributed by atoms with Gasteiger partial charge in [-0.15, -0.1) is 0 Å². The molecule has 0 aliphatic rings. The first kappa shape index (κ1) is 18.7. The Hall–Kier alpha value is -2.66. The Balaban J connectivity index is 1.90. The Morgan fingerprint density at radius 3 is 2.32 bits per heavy atom. The Kier molecular flexibility index (Phi) is 6.31. The third-order valence-corrected chi connectivity index (χ3v) is 3.90. The minimum atomic E-state index is -0.956. The molecule has 0 aromatic heterocycles. The fourth-order valence-corrected chi connectivity index (χ4v) is 2.32. The molecule has 0 spiro atoms. The Morgan fingerprint density at radius 2 is 1.72 bits per heavy atom. The maximum atomic E-state index is 12.1. The SMILES string of the molecule is CC(=O)c1ccc(NC(=O)[C@@H](C)OC(=O)Cc2ccccc2Cl)cc1. The topological polar surface area (TPSA) is 72.5 Å². The summed E-state index contributed by atoms with van der Waals surface area (Å²) in [6.45, 7) is 2.96. The molecule has 0 aliphatic heterocycles. The Bertz CT molecular complexity index is 786. The van der Waals surface area contributed by atoms with Crippen molar-refractivity contribution in [1.82, 2.24) is 0 Å². The standard InChI is InChI=1S/C19H18ClNO4/c1-12(22)14-7-9-16(10-8-14)21-19(24)13(2)25-18(23)11-15-5-3-4-6-17(15)20/h3-10,13H,11H2,1-2H3,(H,21,24)/t13-/m1/s1. The quantitative estimate of drug-likeness (QED) is 0.631. The zero-order valence-electron chi connectivity index (χ0n) is 13.9. The highest BCUT2D eigenvalue weighted by Gasteiger charge is 2.18. The van der Waals surface area contributed by atoms with E-state index in [4.69, 9.17) is 16.3 Å². The van der Waals surface area contributed by atoms with Gasteiger partial charge in [-0.2, -0.15) is 0 Å². The number of halogens is 1. The largest absolute Gasteiger partial charge is 0.452 e. The van der Waals surface area contributed by atoms with Crippen molar-refractivity contribution in [3.63, 3.8) is 0 Å². The van der Waals surface area contributed by atoms with Gasteiger partial charge in [0.25, 0.3) is 5.91 Å². The smallest absolute Gasteiger partial charge is 0.311 e.